The summed E-state index contributed by atoms with van der Waals surface area (Å²) >= 11 is 5.78. The molecule has 6 nitrogen and oxygen atoms in total. The molecule has 190 valence electrons. The van der Waals surface area contributed by atoms with Crippen LogP contribution in [0.1, 0.15) is 29.7 Å². The van der Waals surface area contributed by atoms with E-state index in [1.165, 1.54) is 12.1 Å². The third-order valence-electron chi connectivity index (χ3n) is 7.32. The molecule has 1 amide bonds. The van der Waals surface area contributed by atoms with Crippen molar-refractivity contribution in [1.82, 2.24) is 14.4 Å². The minimum absolute atomic E-state index is 0.0661. The highest BCUT2D eigenvalue weighted by Crippen LogP contribution is 2.34. The van der Waals surface area contributed by atoms with E-state index in [2.05, 4.69) is 0 Å². The van der Waals surface area contributed by atoms with Crippen molar-refractivity contribution in [3.8, 4) is 0 Å². The molecule has 2 aromatic carbocycles. The number of rotatable bonds is 5. The van der Waals surface area contributed by atoms with Gasteiger partial charge in [0.1, 0.15) is 22.5 Å². The molecule has 3 heterocycles. The summed E-state index contributed by atoms with van der Waals surface area (Å²) in [5.41, 5.74) is 2.05. The minimum Gasteiger partial charge on any atom is -0.481 e. The van der Waals surface area contributed by atoms with Gasteiger partial charge in [-0.1, -0.05) is 29.8 Å². The molecule has 3 aromatic rings. The maximum atomic E-state index is 15.0. The molecule has 0 radical (unpaired) electrons. The third-order valence-corrected chi connectivity index (χ3v) is 7.67. The molecular formula is C26H25ClF3N3O3. The molecule has 5 rings (SSSR count). The van der Waals surface area contributed by atoms with Crippen LogP contribution in [0.25, 0.3) is 10.9 Å². The normalized spacial score (nSPS) is 16.9. The Morgan fingerprint density at radius 3 is 2.50 bits per heavy atom. The van der Waals surface area contributed by atoms with E-state index in [0.717, 1.165) is 11.6 Å². The van der Waals surface area contributed by atoms with E-state index < -0.39 is 28.4 Å². The number of nitrogens with zero attached hydrogens (tertiary/aromatic N) is 3. The molecule has 1 saturated heterocycles. The van der Waals surface area contributed by atoms with Crippen LogP contribution in [-0.4, -0.2) is 57.5 Å². The molecule has 2 aliphatic rings. The van der Waals surface area contributed by atoms with Crippen molar-refractivity contribution in [2.24, 2.45) is 5.92 Å². The number of aromatic nitrogens is 1. The number of fused-ring (bicyclic) bond motifs is 3. The number of carbonyl (C=O) groups is 2. The molecule has 1 aromatic heterocycles. The molecule has 2 aliphatic heterocycles. The van der Waals surface area contributed by atoms with Gasteiger partial charge >= 0.3 is 5.97 Å². The van der Waals surface area contributed by atoms with Gasteiger partial charge in [0, 0.05) is 23.2 Å². The predicted octanol–water partition coefficient (Wildman–Crippen LogP) is 4.44. The number of amides is 1. The summed E-state index contributed by atoms with van der Waals surface area (Å²) in [7, 11) is 0. The van der Waals surface area contributed by atoms with E-state index >= 15 is 4.39 Å². The highest BCUT2D eigenvalue weighted by atomic mass is 35.5. The summed E-state index contributed by atoms with van der Waals surface area (Å²) in [5.74, 6) is -3.49. The summed E-state index contributed by atoms with van der Waals surface area (Å²) in [4.78, 5) is 28.0. The monoisotopic (exact) mass is 519 g/mol. The number of hydrogen-bond donors (Lipinski definition) is 1. The molecule has 0 saturated carbocycles. The quantitative estimate of drug-likeness (QED) is 0.506. The molecular weight excluding hydrogens is 495 g/mol. The van der Waals surface area contributed by atoms with Crippen molar-refractivity contribution in [3.63, 3.8) is 0 Å². The van der Waals surface area contributed by atoms with Crippen LogP contribution in [-0.2, 0) is 29.1 Å². The molecule has 1 N–H and O–H groups in total. The lowest BCUT2D eigenvalue weighted by molar-refractivity contribution is -0.143. The SMILES string of the molecule is O=C(O)C1CCN(CC(=O)N2CCc3c(n(Cc4ccc(F)c(Cl)c4F)c4c(F)cccc34)C2)CC1. The smallest absolute Gasteiger partial charge is 0.306 e. The lowest BCUT2D eigenvalue weighted by atomic mass is 9.97. The Kier molecular flexibility index (Phi) is 6.70. The highest BCUT2D eigenvalue weighted by molar-refractivity contribution is 6.30. The number of benzene rings is 2. The van der Waals surface area contributed by atoms with Gasteiger partial charge in [0.15, 0.2) is 0 Å². The fourth-order valence-corrected chi connectivity index (χ4v) is 5.51. The molecule has 36 heavy (non-hydrogen) atoms. The Labute approximate surface area is 210 Å². The number of carbonyl (C=O) groups excluding carboxylic acids is 1. The molecule has 0 unspecified atom stereocenters. The van der Waals surface area contributed by atoms with Gasteiger partial charge in [-0.05, 0) is 50.0 Å². The van der Waals surface area contributed by atoms with Crippen molar-refractivity contribution in [2.75, 3.05) is 26.2 Å². The van der Waals surface area contributed by atoms with E-state index in [1.807, 2.05) is 11.0 Å². The predicted molar refractivity (Wildman–Crippen MR) is 128 cm³/mol. The minimum atomic E-state index is -0.892. The Morgan fingerprint density at radius 1 is 1.03 bits per heavy atom. The lowest BCUT2D eigenvalue weighted by Gasteiger charge is -2.33. The Hall–Kier alpha value is -3.04. The van der Waals surface area contributed by atoms with Crippen molar-refractivity contribution in [2.45, 2.75) is 32.4 Å². The largest absolute Gasteiger partial charge is 0.481 e. The number of likely N-dealkylation sites (tertiary alicyclic amines) is 1. The Balaban J connectivity index is 1.42. The topological polar surface area (TPSA) is 65.8 Å². The maximum absolute atomic E-state index is 15.0. The number of piperidine rings is 1. The second-order valence-corrected chi connectivity index (χ2v) is 9.81. The van der Waals surface area contributed by atoms with E-state index in [-0.39, 0.29) is 37.0 Å². The van der Waals surface area contributed by atoms with Crippen LogP contribution in [0.5, 0.6) is 0 Å². The maximum Gasteiger partial charge on any atom is 0.306 e. The van der Waals surface area contributed by atoms with E-state index in [0.29, 0.717) is 55.5 Å². The van der Waals surface area contributed by atoms with Gasteiger partial charge < -0.3 is 14.6 Å². The van der Waals surface area contributed by atoms with Crippen molar-refractivity contribution >= 4 is 34.4 Å². The second-order valence-electron chi connectivity index (χ2n) is 9.44. The Morgan fingerprint density at radius 2 is 1.78 bits per heavy atom. The summed E-state index contributed by atoms with van der Waals surface area (Å²) in [6.45, 7) is 1.88. The first-order valence-electron chi connectivity index (χ1n) is 11.9. The molecule has 0 bridgehead atoms. The first-order chi connectivity index (χ1) is 17.2. The molecule has 1 fully saturated rings. The Bertz CT molecular complexity index is 1350. The van der Waals surface area contributed by atoms with Crippen LogP contribution < -0.4 is 0 Å². The van der Waals surface area contributed by atoms with Gasteiger partial charge in [-0.2, -0.15) is 0 Å². The zero-order chi connectivity index (χ0) is 25.6. The average molecular weight is 520 g/mol. The standard InChI is InChI=1S/C26H25ClF3N3O3/c27-23-19(28)5-4-16(24(23)30)12-33-21-13-32(11-8-17(21)18-2-1-3-20(29)25(18)33)22(34)14-31-9-6-15(7-10-31)26(35)36/h1-5,15H,6-14H2,(H,35,36). The number of para-hydroxylation sites is 1. The molecule has 0 spiro atoms. The average Bonchev–Trinajstić information content (AvgIpc) is 3.18. The molecule has 0 atom stereocenters. The number of hydrogen-bond acceptors (Lipinski definition) is 3. The van der Waals surface area contributed by atoms with Crippen LogP contribution in [0.15, 0.2) is 30.3 Å². The van der Waals surface area contributed by atoms with Crippen molar-refractivity contribution in [1.29, 1.82) is 0 Å². The highest BCUT2D eigenvalue weighted by Gasteiger charge is 2.31. The summed E-state index contributed by atoms with van der Waals surface area (Å²) in [5, 5.41) is 9.29. The fraction of sp³-hybridized carbons (Fsp3) is 0.385. The summed E-state index contributed by atoms with van der Waals surface area (Å²) < 4.78 is 45.1. The first-order valence-corrected chi connectivity index (χ1v) is 12.3. The van der Waals surface area contributed by atoms with Gasteiger partial charge in [0.25, 0.3) is 0 Å². The van der Waals surface area contributed by atoms with Crippen LogP contribution in [0.4, 0.5) is 13.2 Å². The lowest BCUT2D eigenvalue weighted by Crippen LogP contribution is -2.45. The van der Waals surface area contributed by atoms with Crippen LogP contribution in [0, 0.1) is 23.4 Å². The fourth-order valence-electron chi connectivity index (χ4n) is 5.33. The van der Waals surface area contributed by atoms with E-state index in [9.17, 15) is 23.5 Å². The van der Waals surface area contributed by atoms with Crippen LogP contribution >= 0.6 is 11.6 Å². The van der Waals surface area contributed by atoms with Gasteiger partial charge in [0.05, 0.1) is 31.1 Å². The van der Waals surface area contributed by atoms with Gasteiger partial charge in [-0.15, -0.1) is 0 Å². The number of carboxylic acids is 1. The zero-order valence-electron chi connectivity index (χ0n) is 19.4. The number of carboxylic acid groups (broad SMARTS) is 1. The first kappa shape index (κ1) is 24.6. The summed E-state index contributed by atoms with van der Waals surface area (Å²) in [6, 6.07) is 7.14. The van der Waals surface area contributed by atoms with Crippen LogP contribution in [0.3, 0.4) is 0 Å². The van der Waals surface area contributed by atoms with E-state index in [4.69, 9.17) is 11.6 Å². The molecule has 0 aliphatic carbocycles. The second kappa shape index (κ2) is 9.78. The van der Waals surface area contributed by atoms with Crippen molar-refractivity contribution in [3.05, 3.63) is 69.6 Å². The van der Waals surface area contributed by atoms with Gasteiger partial charge in [-0.25, -0.2) is 13.2 Å². The van der Waals surface area contributed by atoms with Crippen molar-refractivity contribution < 1.29 is 27.9 Å². The van der Waals surface area contributed by atoms with Gasteiger partial charge in [0.2, 0.25) is 5.91 Å². The number of aliphatic carboxylic acids is 1. The van der Waals surface area contributed by atoms with Crippen LogP contribution in [0.2, 0.25) is 5.02 Å². The zero-order valence-corrected chi connectivity index (χ0v) is 20.2. The third kappa shape index (κ3) is 4.46. The van der Waals surface area contributed by atoms with Gasteiger partial charge in [-0.3, -0.25) is 14.5 Å². The number of halogens is 4. The molecule has 10 heteroatoms. The van der Waals surface area contributed by atoms with E-state index in [1.54, 1.807) is 15.5 Å². The summed E-state index contributed by atoms with van der Waals surface area (Å²) in [6.07, 6.45) is 1.53.